The van der Waals surface area contributed by atoms with E-state index in [-0.39, 0.29) is 0 Å². The van der Waals surface area contributed by atoms with Gasteiger partial charge in [-0.1, -0.05) is 50.0 Å². The van der Waals surface area contributed by atoms with Crippen LogP contribution in [0.4, 0.5) is 0 Å². The third-order valence-corrected chi connectivity index (χ3v) is 2.96. The molecule has 0 rings (SSSR count). The highest BCUT2D eigenvalue weighted by Gasteiger charge is 2.04. The minimum atomic E-state index is 0.804. The summed E-state index contributed by atoms with van der Waals surface area (Å²) in [7, 11) is 0. The summed E-state index contributed by atoms with van der Waals surface area (Å²) in [5, 5.41) is 3.34. The van der Waals surface area contributed by atoms with Gasteiger partial charge >= 0.3 is 0 Å². The lowest BCUT2D eigenvalue weighted by Crippen LogP contribution is -2.16. The Morgan fingerprint density at radius 1 is 1.17 bits per heavy atom. The standard InChI is InChI=1S/C17H27N/c1-8-10-17(12-18-15(6)9-2)16(7)14(5)11-13(3)4/h8,10,18H,1,3,6,9,11-12H2,2,4-5,7H3/b16-14-,17-10-. The van der Waals surface area contributed by atoms with Crippen molar-refractivity contribution in [3.63, 3.8) is 0 Å². The average Bonchev–Trinajstić information content (AvgIpc) is 2.32. The molecule has 0 aliphatic carbocycles. The van der Waals surface area contributed by atoms with Crippen LogP contribution in [-0.4, -0.2) is 6.54 Å². The lowest BCUT2D eigenvalue weighted by atomic mass is 9.97. The first-order valence-corrected chi connectivity index (χ1v) is 6.46. The minimum absolute atomic E-state index is 0.804. The molecule has 0 aliphatic rings. The first kappa shape index (κ1) is 16.5. The van der Waals surface area contributed by atoms with E-state index in [2.05, 4.69) is 58.8 Å². The summed E-state index contributed by atoms with van der Waals surface area (Å²) < 4.78 is 0. The second kappa shape index (κ2) is 8.57. The molecule has 0 radical (unpaired) electrons. The Bertz CT molecular complexity index is 380. The van der Waals surface area contributed by atoms with Gasteiger partial charge in [0.15, 0.2) is 0 Å². The molecule has 0 fully saturated rings. The van der Waals surface area contributed by atoms with Crippen molar-refractivity contribution in [2.24, 2.45) is 0 Å². The summed E-state index contributed by atoms with van der Waals surface area (Å²) >= 11 is 0. The van der Waals surface area contributed by atoms with E-state index in [1.54, 1.807) is 0 Å². The molecule has 0 aromatic rings. The smallest absolute Gasteiger partial charge is 0.0400 e. The van der Waals surface area contributed by atoms with E-state index in [9.17, 15) is 0 Å². The molecule has 0 aromatic carbocycles. The summed E-state index contributed by atoms with van der Waals surface area (Å²) in [6, 6.07) is 0. The van der Waals surface area contributed by atoms with Gasteiger partial charge in [-0.25, -0.2) is 0 Å². The predicted molar refractivity (Wildman–Crippen MR) is 83.5 cm³/mol. The molecule has 0 saturated carbocycles. The Hall–Kier alpha value is -1.50. The topological polar surface area (TPSA) is 12.0 Å². The normalized spacial score (nSPS) is 12.8. The van der Waals surface area contributed by atoms with E-state index in [0.717, 1.165) is 25.1 Å². The molecule has 0 aliphatic heterocycles. The lowest BCUT2D eigenvalue weighted by molar-refractivity contribution is 0.825. The van der Waals surface area contributed by atoms with Crippen LogP contribution in [0.25, 0.3) is 0 Å². The molecule has 1 nitrogen and oxygen atoms in total. The van der Waals surface area contributed by atoms with Crippen LogP contribution in [-0.2, 0) is 0 Å². The van der Waals surface area contributed by atoms with Crippen LogP contribution in [0.3, 0.4) is 0 Å². The molecule has 0 aromatic heterocycles. The Labute approximate surface area is 113 Å². The Morgan fingerprint density at radius 2 is 1.78 bits per heavy atom. The first-order chi connectivity index (χ1) is 8.42. The van der Waals surface area contributed by atoms with Crippen LogP contribution in [0, 0.1) is 0 Å². The van der Waals surface area contributed by atoms with E-state index in [0.29, 0.717) is 0 Å². The zero-order chi connectivity index (χ0) is 14.1. The van der Waals surface area contributed by atoms with Gasteiger partial charge in [0.05, 0.1) is 0 Å². The molecule has 0 saturated heterocycles. The lowest BCUT2D eigenvalue weighted by Gasteiger charge is -2.14. The van der Waals surface area contributed by atoms with E-state index >= 15 is 0 Å². The van der Waals surface area contributed by atoms with Gasteiger partial charge in [0.1, 0.15) is 0 Å². The molecular weight excluding hydrogens is 218 g/mol. The number of hydrogen-bond acceptors (Lipinski definition) is 1. The van der Waals surface area contributed by atoms with Gasteiger partial charge in [-0.3, -0.25) is 0 Å². The van der Waals surface area contributed by atoms with Crippen molar-refractivity contribution < 1.29 is 0 Å². The van der Waals surface area contributed by atoms with E-state index in [1.165, 1.54) is 22.3 Å². The second-order valence-electron chi connectivity index (χ2n) is 4.78. The molecule has 1 heteroatoms. The monoisotopic (exact) mass is 245 g/mol. The number of rotatable bonds is 8. The molecule has 100 valence electrons. The molecule has 0 amide bonds. The summed E-state index contributed by atoms with van der Waals surface area (Å²) in [6.07, 6.45) is 5.81. The second-order valence-corrected chi connectivity index (χ2v) is 4.78. The minimum Gasteiger partial charge on any atom is -0.385 e. The van der Waals surface area contributed by atoms with Crippen molar-refractivity contribution in [3.05, 3.63) is 59.9 Å². The van der Waals surface area contributed by atoms with E-state index in [1.807, 2.05) is 6.08 Å². The fraction of sp³-hybridized carbons (Fsp3) is 0.412. The zero-order valence-electron chi connectivity index (χ0n) is 12.4. The van der Waals surface area contributed by atoms with Gasteiger partial charge in [-0.15, -0.1) is 0 Å². The van der Waals surface area contributed by atoms with Crippen molar-refractivity contribution in [2.75, 3.05) is 6.54 Å². The third-order valence-electron chi connectivity index (χ3n) is 2.96. The summed E-state index contributed by atoms with van der Waals surface area (Å²) in [4.78, 5) is 0. The number of hydrogen-bond donors (Lipinski definition) is 1. The molecule has 18 heavy (non-hydrogen) atoms. The van der Waals surface area contributed by atoms with Crippen LogP contribution in [0.2, 0.25) is 0 Å². The number of allylic oxidation sites excluding steroid dienone is 5. The molecule has 0 spiro atoms. The van der Waals surface area contributed by atoms with Gasteiger partial charge in [-0.2, -0.15) is 0 Å². The van der Waals surface area contributed by atoms with Gasteiger partial charge in [0.2, 0.25) is 0 Å². The van der Waals surface area contributed by atoms with Crippen molar-refractivity contribution >= 4 is 0 Å². The Balaban J connectivity index is 4.89. The predicted octanol–water partition coefficient (Wildman–Crippen LogP) is 4.91. The highest BCUT2D eigenvalue weighted by molar-refractivity contribution is 5.37. The molecule has 1 N–H and O–H groups in total. The first-order valence-electron chi connectivity index (χ1n) is 6.46. The SMILES string of the molecule is C=C/C=C(CNC(=C)CC)\C(C)=C(\C)CC(=C)C. The van der Waals surface area contributed by atoms with Crippen LogP contribution >= 0.6 is 0 Å². The van der Waals surface area contributed by atoms with Crippen molar-refractivity contribution in [3.8, 4) is 0 Å². The fourth-order valence-corrected chi connectivity index (χ4v) is 1.66. The molecule has 0 unspecified atom stereocenters. The van der Waals surface area contributed by atoms with Crippen LogP contribution in [0.5, 0.6) is 0 Å². The molecule has 0 bridgehead atoms. The highest BCUT2D eigenvalue weighted by atomic mass is 14.9. The summed E-state index contributed by atoms with van der Waals surface area (Å²) in [5.41, 5.74) is 6.19. The largest absolute Gasteiger partial charge is 0.385 e. The quantitative estimate of drug-likeness (QED) is 0.473. The maximum absolute atomic E-state index is 3.97. The highest BCUT2D eigenvalue weighted by Crippen LogP contribution is 2.19. The van der Waals surface area contributed by atoms with Crippen LogP contribution < -0.4 is 5.32 Å². The van der Waals surface area contributed by atoms with Gasteiger partial charge < -0.3 is 5.32 Å². The maximum Gasteiger partial charge on any atom is 0.0400 e. The van der Waals surface area contributed by atoms with Crippen molar-refractivity contribution in [1.29, 1.82) is 0 Å². The molecule has 0 atom stereocenters. The molecular formula is C17H27N. The summed E-state index contributed by atoms with van der Waals surface area (Å²) in [5.74, 6) is 0. The van der Waals surface area contributed by atoms with Gasteiger partial charge in [0, 0.05) is 12.2 Å². The third kappa shape index (κ3) is 6.29. The molecule has 0 heterocycles. The number of nitrogens with one attached hydrogen (secondary N) is 1. The van der Waals surface area contributed by atoms with E-state index < -0.39 is 0 Å². The average molecular weight is 245 g/mol. The zero-order valence-corrected chi connectivity index (χ0v) is 12.4. The Morgan fingerprint density at radius 3 is 2.22 bits per heavy atom. The fourth-order valence-electron chi connectivity index (χ4n) is 1.66. The maximum atomic E-state index is 3.97. The van der Waals surface area contributed by atoms with Crippen molar-refractivity contribution in [1.82, 2.24) is 5.32 Å². The van der Waals surface area contributed by atoms with Crippen LogP contribution in [0.1, 0.15) is 40.5 Å². The van der Waals surface area contributed by atoms with Gasteiger partial charge in [-0.05, 0) is 44.8 Å². The van der Waals surface area contributed by atoms with Crippen LogP contribution in [0.15, 0.2) is 59.9 Å². The Kier molecular flexibility index (Phi) is 7.86. The van der Waals surface area contributed by atoms with Crippen molar-refractivity contribution in [2.45, 2.75) is 40.5 Å². The summed E-state index contributed by atoms with van der Waals surface area (Å²) in [6.45, 7) is 21.0. The van der Waals surface area contributed by atoms with E-state index in [4.69, 9.17) is 0 Å². The van der Waals surface area contributed by atoms with Gasteiger partial charge in [0.25, 0.3) is 0 Å².